The Balaban J connectivity index is 1.89. The zero-order valence-electron chi connectivity index (χ0n) is 16.1. The topological polar surface area (TPSA) is 110 Å². The van der Waals surface area contributed by atoms with Gasteiger partial charge in [-0.3, -0.25) is 19.2 Å². The normalized spacial score (nSPS) is 11.0. The highest BCUT2D eigenvalue weighted by Gasteiger charge is 2.24. The number of sulfonamides is 1. The maximum atomic E-state index is 13.1. The molecule has 3 aromatic carbocycles. The van der Waals surface area contributed by atoms with E-state index in [1.165, 1.54) is 52.8 Å². The smallest absolute Gasteiger partial charge is 0.271 e. The number of non-ortho nitro benzene ring substituents is 1. The van der Waals surface area contributed by atoms with E-state index in [0.29, 0.717) is 5.69 Å². The van der Waals surface area contributed by atoms with Crippen LogP contribution in [0.15, 0.2) is 83.8 Å². The van der Waals surface area contributed by atoms with Crippen LogP contribution in [0.1, 0.15) is 17.3 Å². The molecule has 1 N–H and O–H groups in total. The van der Waals surface area contributed by atoms with E-state index in [0.717, 1.165) is 0 Å². The van der Waals surface area contributed by atoms with Crippen molar-refractivity contribution in [1.82, 2.24) is 0 Å². The van der Waals surface area contributed by atoms with Crippen LogP contribution < -0.4 is 9.62 Å². The summed E-state index contributed by atoms with van der Waals surface area (Å²) in [5.41, 5.74) is 0.714. The number of nitro groups is 1. The highest BCUT2D eigenvalue weighted by Crippen LogP contribution is 2.24. The lowest BCUT2D eigenvalue weighted by Crippen LogP contribution is -2.30. The van der Waals surface area contributed by atoms with Gasteiger partial charge < -0.3 is 5.32 Å². The van der Waals surface area contributed by atoms with Gasteiger partial charge in [-0.2, -0.15) is 0 Å². The average molecular weight is 425 g/mol. The van der Waals surface area contributed by atoms with Crippen molar-refractivity contribution in [1.29, 1.82) is 0 Å². The number of amides is 1. The van der Waals surface area contributed by atoms with Crippen molar-refractivity contribution in [3.8, 4) is 0 Å². The summed E-state index contributed by atoms with van der Waals surface area (Å²) in [6.07, 6.45) is 0. The van der Waals surface area contributed by atoms with Gasteiger partial charge in [-0.15, -0.1) is 0 Å². The fourth-order valence-electron chi connectivity index (χ4n) is 2.91. The predicted octanol–water partition coefficient (Wildman–Crippen LogP) is 4.06. The van der Waals surface area contributed by atoms with E-state index in [4.69, 9.17) is 0 Å². The SMILES string of the molecule is CCN(c1ccccc1)S(=O)(=O)c1cccc(C(=O)Nc2cccc([N+](=O)[O-])c2)c1. The largest absolute Gasteiger partial charge is 0.322 e. The second kappa shape index (κ2) is 8.75. The van der Waals surface area contributed by atoms with Crippen LogP contribution in [0.4, 0.5) is 17.1 Å². The van der Waals surface area contributed by atoms with Gasteiger partial charge in [-0.25, -0.2) is 8.42 Å². The third kappa shape index (κ3) is 4.47. The Morgan fingerprint density at radius 2 is 1.70 bits per heavy atom. The van der Waals surface area contributed by atoms with E-state index in [1.807, 2.05) is 0 Å². The molecule has 0 aromatic heterocycles. The van der Waals surface area contributed by atoms with Crippen LogP contribution in [0.5, 0.6) is 0 Å². The minimum Gasteiger partial charge on any atom is -0.322 e. The van der Waals surface area contributed by atoms with E-state index >= 15 is 0 Å². The number of hydrogen-bond donors (Lipinski definition) is 1. The van der Waals surface area contributed by atoms with E-state index < -0.39 is 20.9 Å². The van der Waals surface area contributed by atoms with Crippen LogP contribution in [-0.4, -0.2) is 25.8 Å². The molecule has 3 aromatic rings. The van der Waals surface area contributed by atoms with E-state index in [1.54, 1.807) is 37.3 Å². The number of nitrogens with zero attached hydrogens (tertiary/aromatic N) is 2. The van der Waals surface area contributed by atoms with E-state index in [-0.39, 0.29) is 28.4 Å². The van der Waals surface area contributed by atoms with Crippen LogP contribution in [0.25, 0.3) is 0 Å². The van der Waals surface area contributed by atoms with Crippen molar-refractivity contribution in [2.45, 2.75) is 11.8 Å². The Morgan fingerprint density at radius 1 is 1.00 bits per heavy atom. The summed E-state index contributed by atoms with van der Waals surface area (Å²) in [5, 5.41) is 13.4. The summed E-state index contributed by atoms with van der Waals surface area (Å²) in [4.78, 5) is 22.9. The third-order valence-corrected chi connectivity index (χ3v) is 6.23. The zero-order valence-corrected chi connectivity index (χ0v) is 16.9. The van der Waals surface area contributed by atoms with Gasteiger partial charge in [0.15, 0.2) is 0 Å². The highest BCUT2D eigenvalue weighted by atomic mass is 32.2. The molecular weight excluding hydrogens is 406 g/mol. The van der Waals surface area contributed by atoms with Gasteiger partial charge >= 0.3 is 0 Å². The molecule has 1 amide bonds. The number of benzene rings is 3. The summed E-state index contributed by atoms with van der Waals surface area (Å²) in [7, 11) is -3.89. The van der Waals surface area contributed by atoms with Crippen molar-refractivity contribution in [2.24, 2.45) is 0 Å². The summed E-state index contributed by atoms with van der Waals surface area (Å²) in [5.74, 6) is -0.574. The van der Waals surface area contributed by atoms with E-state index in [9.17, 15) is 23.3 Å². The number of anilines is 2. The van der Waals surface area contributed by atoms with Crippen molar-refractivity contribution in [2.75, 3.05) is 16.2 Å². The molecule has 0 atom stereocenters. The molecular formula is C21H19N3O5S. The molecule has 0 radical (unpaired) electrons. The molecule has 0 saturated heterocycles. The average Bonchev–Trinajstić information content (AvgIpc) is 2.75. The Bertz CT molecular complexity index is 1180. The molecule has 154 valence electrons. The number of rotatable bonds is 7. The molecule has 30 heavy (non-hydrogen) atoms. The molecule has 0 unspecified atom stereocenters. The number of nitro benzene ring substituents is 1. The van der Waals surface area contributed by atoms with Crippen molar-refractivity contribution >= 4 is 33.0 Å². The van der Waals surface area contributed by atoms with E-state index in [2.05, 4.69) is 5.32 Å². The van der Waals surface area contributed by atoms with Crippen molar-refractivity contribution < 1.29 is 18.1 Å². The number of hydrogen-bond acceptors (Lipinski definition) is 5. The van der Waals surface area contributed by atoms with Crippen LogP contribution in [-0.2, 0) is 10.0 Å². The molecule has 9 heteroatoms. The molecule has 0 aliphatic heterocycles. The molecule has 0 saturated carbocycles. The van der Waals surface area contributed by atoms with Crippen LogP contribution in [0.2, 0.25) is 0 Å². The van der Waals surface area contributed by atoms with Crippen LogP contribution in [0.3, 0.4) is 0 Å². The molecule has 0 fully saturated rings. The molecule has 8 nitrogen and oxygen atoms in total. The van der Waals surface area contributed by atoms with Crippen LogP contribution in [0, 0.1) is 10.1 Å². The van der Waals surface area contributed by atoms with Gasteiger partial charge in [0.1, 0.15) is 0 Å². The second-order valence-corrected chi connectivity index (χ2v) is 8.16. The van der Waals surface area contributed by atoms with Gasteiger partial charge in [0.2, 0.25) is 0 Å². The fraction of sp³-hybridized carbons (Fsp3) is 0.0952. The maximum Gasteiger partial charge on any atom is 0.271 e. The number of carbonyl (C=O) groups is 1. The lowest BCUT2D eigenvalue weighted by atomic mass is 10.2. The number of para-hydroxylation sites is 1. The number of nitrogens with one attached hydrogen (secondary N) is 1. The van der Waals surface area contributed by atoms with Crippen molar-refractivity contribution in [3.05, 3.63) is 94.5 Å². The molecule has 0 bridgehead atoms. The molecule has 3 rings (SSSR count). The van der Waals surface area contributed by atoms with Gasteiger partial charge in [0, 0.05) is 29.9 Å². The number of carbonyl (C=O) groups excluding carboxylic acids is 1. The first kappa shape index (κ1) is 21.0. The summed E-state index contributed by atoms with van der Waals surface area (Å²) >= 11 is 0. The molecule has 0 heterocycles. The minimum atomic E-state index is -3.89. The summed E-state index contributed by atoms with van der Waals surface area (Å²) < 4.78 is 27.5. The summed E-state index contributed by atoms with van der Waals surface area (Å²) in [6, 6.07) is 19.8. The first-order valence-electron chi connectivity index (χ1n) is 9.06. The molecule has 0 aliphatic carbocycles. The summed E-state index contributed by atoms with van der Waals surface area (Å²) in [6.45, 7) is 1.94. The second-order valence-electron chi connectivity index (χ2n) is 6.29. The molecule has 0 spiro atoms. The maximum absolute atomic E-state index is 13.1. The van der Waals surface area contributed by atoms with Crippen LogP contribution >= 0.6 is 0 Å². The first-order chi connectivity index (χ1) is 14.3. The monoisotopic (exact) mass is 425 g/mol. The Kier molecular flexibility index (Phi) is 6.12. The van der Waals surface area contributed by atoms with Gasteiger partial charge in [-0.1, -0.05) is 30.3 Å². The van der Waals surface area contributed by atoms with Crippen molar-refractivity contribution in [3.63, 3.8) is 0 Å². The van der Waals surface area contributed by atoms with Gasteiger partial charge in [-0.05, 0) is 43.3 Å². The first-order valence-corrected chi connectivity index (χ1v) is 10.5. The zero-order chi connectivity index (χ0) is 21.7. The quantitative estimate of drug-likeness (QED) is 0.453. The Morgan fingerprint density at radius 3 is 2.37 bits per heavy atom. The lowest BCUT2D eigenvalue weighted by molar-refractivity contribution is -0.384. The predicted molar refractivity (Wildman–Crippen MR) is 114 cm³/mol. The fourth-order valence-corrected chi connectivity index (χ4v) is 4.43. The lowest BCUT2D eigenvalue weighted by Gasteiger charge is -2.23. The highest BCUT2D eigenvalue weighted by molar-refractivity contribution is 7.92. The third-order valence-electron chi connectivity index (χ3n) is 4.33. The Hall–Kier alpha value is -3.72. The molecule has 0 aliphatic rings. The standard InChI is InChI=1S/C21H19N3O5S/c1-2-23(18-10-4-3-5-11-18)30(28,29)20-13-6-8-16(14-20)21(25)22-17-9-7-12-19(15-17)24(26)27/h3-15H,2H2,1H3,(H,22,25). The minimum absolute atomic E-state index is 0.0279. The van der Waals surface area contributed by atoms with Gasteiger partial charge in [0.25, 0.3) is 21.6 Å². The van der Waals surface area contributed by atoms with Gasteiger partial charge in [0.05, 0.1) is 15.5 Å². The Labute approximate surface area is 174 Å².